The molecule has 2 aromatic rings. The van der Waals surface area contributed by atoms with E-state index in [0.29, 0.717) is 26.7 Å². The van der Waals surface area contributed by atoms with Gasteiger partial charge in [0.25, 0.3) is 11.8 Å². The number of rotatable bonds is 4. The van der Waals surface area contributed by atoms with Crippen LogP contribution in [0.3, 0.4) is 0 Å². The van der Waals surface area contributed by atoms with E-state index in [-0.39, 0.29) is 6.61 Å². The Morgan fingerprint density at radius 1 is 0.958 bits per heavy atom. The number of esters is 1. The minimum atomic E-state index is -0.685. The van der Waals surface area contributed by atoms with Gasteiger partial charge in [0.15, 0.2) is 0 Å². The van der Waals surface area contributed by atoms with Gasteiger partial charge in [-0.3, -0.25) is 19.3 Å². The fraction of sp³-hybridized carbons (Fsp3) is 0.118. The first kappa shape index (κ1) is 16.5. The molecule has 1 aliphatic heterocycles. The lowest BCUT2D eigenvalue weighted by atomic mass is 10.1. The number of ether oxygens (including phenoxy) is 1. The Kier molecular flexibility index (Phi) is 4.55. The minimum Gasteiger partial charge on any atom is -0.459 e. The van der Waals surface area contributed by atoms with E-state index in [2.05, 4.69) is 0 Å². The van der Waals surface area contributed by atoms with Crippen molar-refractivity contribution in [3.8, 4) is 0 Å². The molecule has 7 heteroatoms. The monoisotopic (exact) mass is 363 g/mol. The van der Waals surface area contributed by atoms with Gasteiger partial charge in [0.2, 0.25) is 0 Å². The van der Waals surface area contributed by atoms with Gasteiger partial charge in [-0.05, 0) is 29.8 Å². The summed E-state index contributed by atoms with van der Waals surface area (Å²) < 4.78 is 5.09. The maximum Gasteiger partial charge on any atom is 0.326 e. The van der Waals surface area contributed by atoms with Crippen molar-refractivity contribution in [2.75, 3.05) is 6.54 Å². The zero-order chi connectivity index (χ0) is 17.3. The smallest absolute Gasteiger partial charge is 0.326 e. The molecular formula is C17H11Cl2NO4. The van der Waals surface area contributed by atoms with E-state index in [0.717, 1.165) is 4.90 Å². The van der Waals surface area contributed by atoms with Crippen LogP contribution in [0.5, 0.6) is 0 Å². The summed E-state index contributed by atoms with van der Waals surface area (Å²) in [5.74, 6) is -1.68. The van der Waals surface area contributed by atoms with Gasteiger partial charge < -0.3 is 4.74 Å². The number of imide groups is 1. The van der Waals surface area contributed by atoms with Gasteiger partial charge in [0, 0.05) is 0 Å². The maximum atomic E-state index is 12.2. The van der Waals surface area contributed by atoms with E-state index in [4.69, 9.17) is 27.9 Å². The van der Waals surface area contributed by atoms with Crippen LogP contribution in [-0.2, 0) is 16.1 Å². The molecule has 0 aromatic heterocycles. The summed E-state index contributed by atoms with van der Waals surface area (Å²) >= 11 is 11.7. The predicted octanol–water partition coefficient (Wildman–Crippen LogP) is 3.33. The second-order valence-electron chi connectivity index (χ2n) is 5.15. The van der Waals surface area contributed by atoms with E-state index in [9.17, 15) is 14.4 Å². The minimum absolute atomic E-state index is 0.0289. The summed E-state index contributed by atoms with van der Waals surface area (Å²) in [6, 6.07) is 11.3. The normalized spacial score (nSPS) is 13.2. The summed E-state index contributed by atoms with van der Waals surface area (Å²) in [6.07, 6.45) is 0. The summed E-state index contributed by atoms with van der Waals surface area (Å²) in [4.78, 5) is 37.1. The van der Waals surface area contributed by atoms with Crippen LogP contribution in [0.1, 0.15) is 26.3 Å². The number of carbonyl (C=O) groups is 3. The van der Waals surface area contributed by atoms with Gasteiger partial charge in [-0.15, -0.1) is 0 Å². The topological polar surface area (TPSA) is 63.7 Å². The Morgan fingerprint density at radius 2 is 1.58 bits per heavy atom. The molecular weight excluding hydrogens is 353 g/mol. The maximum absolute atomic E-state index is 12.2. The molecule has 5 nitrogen and oxygen atoms in total. The first-order valence-electron chi connectivity index (χ1n) is 7.02. The number of halogens is 2. The number of nitrogens with zero attached hydrogens (tertiary/aromatic N) is 1. The number of amides is 2. The van der Waals surface area contributed by atoms with E-state index < -0.39 is 24.3 Å². The molecule has 3 rings (SSSR count). The van der Waals surface area contributed by atoms with Crippen molar-refractivity contribution >= 4 is 41.0 Å². The first-order valence-corrected chi connectivity index (χ1v) is 7.77. The Morgan fingerprint density at radius 3 is 2.17 bits per heavy atom. The molecule has 0 unspecified atom stereocenters. The van der Waals surface area contributed by atoms with Crippen molar-refractivity contribution in [2.24, 2.45) is 0 Å². The molecule has 0 atom stereocenters. The first-order chi connectivity index (χ1) is 11.5. The Hall–Kier alpha value is -2.37. The molecule has 0 saturated carbocycles. The molecule has 0 N–H and O–H groups in total. The van der Waals surface area contributed by atoms with E-state index in [1.807, 2.05) is 0 Å². The second kappa shape index (κ2) is 6.63. The SMILES string of the molecule is O=C(CN1C(=O)c2ccccc2C1=O)OCc1ccc(Cl)c(Cl)c1. The predicted molar refractivity (Wildman–Crippen MR) is 88.1 cm³/mol. The number of benzene rings is 2. The van der Waals surface area contributed by atoms with Gasteiger partial charge in [-0.25, -0.2) is 0 Å². The fourth-order valence-electron chi connectivity index (χ4n) is 2.35. The lowest BCUT2D eigenvalue weighted by Crippen LogP contribution is -2.35. The van der Waals surface area contributed by atoms with Crippen molar-refractivity contribution in [1.82, 2.24) is 4.90 Å². The Labute approximate surface area is 147 Å². The molecule has 0 saturated heterocycles. The molecule has 0 radical (unpaired) electrons. The van der Waals surface area contributed by atoms with Crippen molar-refractivity contribution in [3.63, 3.8) is 0 Å². The van der Waals surface area contributed by atoms with Crippen LogP contribution >= 0.6 is 23.2 Å². The lowest BCUT2D eigenvalue weighted by molar-refractivity contribution is -0.145. The molecule has 0 fully saturated rings. The highest BCUT2D eigenvalue weighted by molar-refractivity contribution is 6.42. The summed E-state index contributed by atoms with van der Waals surface area (Å²) in [6.45, 7) is -0.466. The van der Waals surface area contributed by atoms with Crippen molar-refractivity contribution < 1.29 is 19.1 Å². The Balaban J connectivity index is 1.63. The Bertz CT molecular complexity index is 815. The molecule has 2 aromatic carbocycles. The molecule has 1 aliphatic rings. The highest BCUT2D eigenvalue weighted by Gasteiger charge is 2.36. The van der Waals surface area contributed by atoms with Gasteiger partial charge in [0.05, 0.1) is 21.2 Å². The van der Waals surface area contributed by atoms with Crippen molar-refractivity contribution in [3.05, 3.63) is 69.2 Å². The van der Waals surface area contributed by atoms with E-state index in [1.54, 1.807) is 42.5 Å². The summed E-state index contributed by atoms with van der Waals surface area (Å²) in [7, 11) is 0. The molecule has 0 spiro atoms. The summed E-state index contributed by atoms with van der Waals surface area (Å²) in [5, 5.41) is 0.753. The van der Waals surface area contributed by atoms with Crippen LogP contribution < -0.4 is 0 Å². The molecule has 2 amide bonds. The molecule has 1 heterocycles. The van der Waals surface area contributed by atoms with E-state index in [1.165, 1.54) is 0 Å². The van der Waals surface area contributed by atoms with Crippen LogP contribution in [-0.4, -0.2) is 29.2 Å². The lowest BCUT2D eigenvalue weighted by Gasteiger charge is -2.13. The van der Waals surface area contributed by atoms with Gasteiger partial charge in [0.1, 0.15) is 13.2 Å². The number of fused-ring (bicyclic) bond motifs is 1. The standard InChI is InChI=1S/C17H11Cl2NO4/c18-13-6-5-10(7-14(13)19)9-24-15(21)8-20-16(22)11-3-1-2-4-12(11)17(20)23/h1-7H,8-9H2. The van der Waals surface area contributed by atoms with E-state index >= 15 is 0 Å². The fourth-order valence-corrected chi connectivity index (χ4v) is 2.67. The molecule has 0 bridgehead atoms. The zero-order valence-electron chi connectivity index (χ0n) is 12.3. The third-order valence-corrected chi connectivity index (χ3v) is 4.29. The highest BCUT2D eigenvalue weighted by Crippen LogP contribution is 2.24. The van der Waals surface area contributed by atoms with Crippen LogP contribution in [0.25, 0.3) is 0 Å². The van der Waals surface area contributed by atoms with Gasteiger partial charge >= 0.3 is 5.97 Å². The summed E-state index contributed by atoms with van der Waals surface area (Å²) in [5.41, 5.74) is 1.24. The van der Waals surface area contributed by atoms with Crippen LogP contribution in [0.4, 0.5) is 0 Å². The largest absolute Gasteiger partial charge is 0.459 e. The number of hydrogen-bond donors (Lipinski definition) is 0. The third-order valence-electron chi connectivity index (χ3n) is 3.55. The third kappa shape index (κ3) is 3.13. The van der Waals surface area contributed by atoms with Crippen LogP contribution in [0.15, 0.2) is 42.5 Å². The average molecular weight is 364 g/mol. The van der Waals surface area contributed by atoms with Crippen molar-refractivity contribution in [1.29, 1.82) is 0 Å². The quantitative estimate of drug-likeness (QED) is 0.617. The molecule has 122 valence electrons. The number of carbonyl (C=O) groups excluding carboxylic acids is 3. The highest BCUT2D eigenvalue weighted by atomic mass is 35.5. The number of hydrogen-bond acceptors (Lipinski definition) is 4. The second-order valence-corrected chi connectivity index (χ2v) is 5.97. The molecule has 24 heavy (non-hydrogen) atoms. The van der Waals surface area contributed by atoms with Gasteiger partial charge in [-0.1, -0.05) is 41.4 Å². The average Bonchev–Trinajstić information content (AvgIpc) is 2.81. The van der Waals surface area contributed by atoms with Crippen LogP contribution in [0, 0.1) is 0 Å². The van der Waals surface area contributed by atoms with Crippen LogP contribution in [0.2, 0.25) is 10.0 Å². The van der Waals surface area contributed by atoms with Gasteiger partial charge in [-0.2, -0.15) is 0 Å². The molecule has 0 aliphatic carbocycles. The zero-order valence-corrected chi connectivity index (χ0v) is 13.8. The van der Waals surface area contributed by atoms with Crippen molar-refractivity contribution in [2.45, 2.75) is 6.61 Å².